The van der Waals surface area contributed by atoms with Crippen LogP contribution in [0.25, 0.3) is 6.08 Å². The first kappa shape index (κ1) is 25.6. The number of halogens is 3. The van der Waals surface area contributed by atoms with Gasteiger partial charge < -0.3 is 9.47 Å². The van der Waals surface area contributed by atoms with Crippen LogP contribution in [0, 0.1) is 9.49 Å². The third-order valence-electron chi connectivity index (χ3n) is 4.44. The van der Waals surface area contributed by atoms with E-state index in [4.69, 9.17) is 44.9 Å². The van der Waals surface area contributed by atoms with Gasteiger partial charge in [-0.3, -0.25) is 9.69 Å². The number of amides is 1. The summed E-state index contributed by atoms with van der Waals surface area (Å²) in [5.74, 6) is 1.52. The maximum absolute atomic E-state index is 12.8. The van der Waals surface area contributed by atoms with Gasteiger partial charge in [-0.15, -0.1) is 0 Å². The Labute approximate surface area is 221 Å². The Bertz CT molecular complexity index is 1080. The molecule has 32 heavy (non-hydrogen) atoms. The standard InChI is InChI=1S/C23H22Cl2INO3S2/c1-4-29-19-8-14(9-20-22(28)27(11-13(2)3)23(31)32-20)7-18(26)21(19)30-12-15-5-6-16(24)10-17(15)25/h5-10,13H,4,11-12H2,1-3H3/b20-9-. The molecule has 2 aromatic carbocycles. The molecule has 0 aromatic heterocycles. The van der Waals surface area contributed by atoms with E-state index in [1.807, 2.05) is 31.2 Å². The van der Waals surface area contributed by atoms with Crippen LogP contribution in [0.15, 0.2) is 35.2 Å². The van der Waals surface area contributed by atoms with Crippen molar-refractivity contribution in [3.63, 3.8) is 0 Å². The van der Waals surface area contributed by atoms with Gasteiger partial charge in [0.25, 0.3) is 5.91 Å². The molecule has 0 N–H and O–H groups in total. The maximum Gasteiger partial charge on any atom is 0.266 e. The topological polar surface area (TPSA) is 38.8 Å². The van der Waals surface area contributed by atoms with E-state index in [-0.39, 0.29) is 12.5 Å². The first-order valence-corrected chi connectivity index (χ1v) is 13.0. The van der Waals surface area contributed by atoms with Crippen LogP contribution in [0.3, 0.4) is 0 Å². The minimum atomic E-state index is -0.0561. The third kappa shape index (κ3) is 6.32. The number of carbonyl (C=O) groups is 1. The van der Waals surface area contributed by atoms with Crippen LogP contribution < -0.4 is 9.47 Å². The number of benzene rings is 2. The minimum Gasteiger partial charge on any atom is -0.490 e. The Morgan fingerprint density at radius 2 is 1.97 bits per heavy atom. The number of carbonyl (C=O) groups excluding carboxylic acids is 1. The number of thiocarbonyl (C=S) groups is 1. The summed E-state index contributed by atoms with van der Waals surface area (Å²) >= 11 is 21.2. The molecule has 1 aliphatic rings. The van der Waals surface area contributed by atoms with Crippen LogP contribution >= 0.6 is 69.8 Å². The lowest BCUT2D eigenvalue weighted by molar-refractivity contribution is -0.122. The zero-order valence-electron chi connectivity index (χ0n) is 17.8. The molecule has 0 radical (unpaired) electrons. The van der Waals surface area contributed by atoms with Crippen LogP contribution in [0.1, 0.15) is 31.9 Å². The fourth-order valence-electron chi connectivity index (χ4n) is 3.04. The number of nitrogens with zero attached hydrogens (tertiary/aromatic N) is 1. The summed E-state index contributed by atoms with van der Waals surface area (Å²) in [5, 5.41) is 1.12. The molecule has 170 valence electrons. The highest BCUT2D eigenvalue weighted by molar-refractivity contribution is 14.1. The zero-order chi connectivity index (χ0) is 23.4. The summed E-state index contributed by atoms with van der Waals surface area (Å²) in [6.45, 7) is 7.41. The first-order chi connectivity index (χ1) is 15.2. The quantitative estimate of drug-likeness (QED) is 0.174. The second-order valence-electron chi connectivity index (χ2n) is 7.47. The van der Waals surface area contributed by atoms with Crippen molar-refractivity contribution in [1.29, 1.82) is 0 Å². The Morgan fingerprint density at radius 1 is 1.22 bits per heavy atom. The van der Waals surface area contributed by atoms with Crippen LogP contribution in [-0.4, -0.2) is 28.3 Å². The molecule has 0 atom stereocenters. The van der Waals surface area contributed by atoms with E-state index in [0.717, 1.165) is 14.7 Å². The predicted octanol–water partition coefficient (Wildman–Crippen LogP) is 7.43. The summed E-state index contributed by atoms with van der Waals surface area (Å²) in [4.78, 5) is 15.1. The molecule has 1 amide bonds. The maximum atomic E-state index is 12.8. The molecule has 0 saturated carbocycles. The van der Waals surface area contributed by atoms with Gasteiger partial charge in [0.2, 0.25) is 0 Å². The lowest BCUT2D eigenvalue weighted by Crippen LogP contribution is -2.31. The van der Waals surface area contributed by atoms with Crippen molar-refractivity contribution in [2.24, 2.45) is 5.92 Å². The van der Waals surface area contributed by atoms with Crippen LogP contribution in [-0.2, 0) is 11.4 Å². The van der Waals surface area contributed by atoms with Gasteiger partial charge in [0.1, 0.15) is 10.9 Å². The van der Waals surface area contributed by atoms with Crippen molar-refractivity contribution in [3.8, 4) is 11.5 Å². The molecule has 9 heteroatoms. The fourth-order valence-corrected chi connectivity index (χ4v) is 5.56. The molecule has 3 rings (SSSR count). The summed E-state index contributed by atoms with van der Waals surface area (Å²) in [6, 6.07) is 9.13. The first-order valence-electron chi connectivity index (χ1n) is 9.98. The average Bonchev–Trinajstić information content (AvgIpc) is 2.96. The molecule has 1 fully saturated rings. The van der Waals surface area contributed by atoms with E-state index in [0.29, 0.717) is 49.8 Å². The zero-order valence-corrected chi connectivity index (χ0v) is 23.1. The van der Waals surface area contributed by atoms with Gasteiger partial charge in [0.05, 0.1) is 15.1 Å². The Balaban J connectivity index is 1.86. The molecule has 0 aliphatic carbocycles. The predicted molar refractivity (Wildman–Crippen MR) is 146 cm³/mol. The molecule has 0 bridgehead atoms. The van der Waals surface area contributed by atoms with Crippen molar-refractivity contribution in [2.75, 3.05) is 13.2 Å². The van der Waals surface area contributed by atoms with Crippen LogP contribution in [0.2, 0.25) is 10.0 Å². The van der Waals surface area contributed by atoms with Gasteiger partial charge in [0, 0.05) is 22.2 Å². The minimum absolute atomic E-state index is 0.0561. The number of hydrogen-bond acceptors (Lipinski definition) is 5. The normalized spacial score (nSPS) is 15.2. The SMILES string of the molecule is CCOc1cc(/C=C2\SC(=S)N(CC(C)C)C2=O)cc(I)c1OCc1ccc(Cl)cc1Cl. The summed E-state index contributed by atoms with van der Waals surface area (Å²) < 4.78 is 13.4. The summed E-state index contributed by atoms with van der Waals surface area (Å²) in [7, 11) is 0. The van der Waals surface area contributed by atoms with Crippen molar-refractivity contribution in [2.45, 2.75) is 27.4 Å². The molecule has 1 aliphatic heterocycles. The highest BCUT2D eigenvalue weighted by Gasteiger charge is 2.32. The Hall–Kier alpha value is -1.00. The highest BCUT2D eigenvalue weighted by atomic mass is 127. The molecular formula is C23H22Cl2INO3S2. The van der Waals surface area contributed by atoms with Crippen molar-refractivity contribution in [3.05, 3.63) is 60.0 Å². The molecule has 0 unspecified atom stereocenters. The van der Waals surface area contributed by atoms with Gasteiger partial charge in [-0.25, -0.2) is 0 Å². The van der Waals surface area contributed by atoms with Crippen molar-refractivity contribution >= 4 is 86.1 Å². The highest BCUT2D eigenvalue weighted by Crippen LogP contribution is 2.38. The number of thioether (sulfide) groups is 1. The summed E-state index contributed by atoms with van der Waals surface area (Å²) in [5.41, 5.74) is 1.67. The molecular weight excluding hydrogens is 600 g/mol. The second kappa shape index (κ2) is 11.4. The summed E-state index contributed by atoms with van der Waals surface area (Å²) in [6.07, 6.45) is 1.85. The Kier molecular flexibility index (Phi) is 9.14. The van der Waals surface area contributed by atoms with Crippen LogP contribution in [0.5, 0.6) is 11.5 Å². The van der Waals surface area contributed by atoms with Gasteiger partial charge in [-0.1, -0.05) is 67.1 Å². The van der Waals surface area contributed by atoms with E-state index in [1.165, 1.54) is 11.8 Å². The van der Waals surface area contributed by atoms with E-state index in [1.54, 1.807) is 17.0 Å². The Morgan fingerprint density at radius 3 is 2.62 bits per heavy atom. The number of hydrogen-bond donors (Lipinski definition) is 0. The molecule has 0 spiro atoms. The van der Waals surface area contributed by atoms with Crippen molar-refractivity contribution in [1.82, 2.24) is 4.90 Å². The van der Waals surface area contributed by atoms with E-state index in [2.05, 4.69) is 36.4 Å². The fraction of sp³-hybridized carbons (Fsp3) is 0.304. The second-order valence-corrected chi connectivity index (χ2v) is 11.2. The van der Waals surface area contributed by atoms with Gasteiger partial charge in [-0.2, -0.15) is 0 Å². The lowest BCUT2D eigenvalue weighted by Gasteiger charge is -2.16. The number of rotatable bonds is 8. The van der Waals surface area contributed by atoms with Gasteiger partial charge >= 0.3 is 0 Å². The lowest BCUT2D eigenvalue weighted by atomic mass is 10.1. The average molecular weight is 622 g/mol. The van der Waals surface area contributed by atoms with Crippen LogP contribution in [0.4, 0.5) is 0 Å². The molecule has 1 heterocycles. The van der Waals surface area contributed by atoms with E-state index >= 15 is 0 Å². The van der Waals surface area contributed by atoms with Gasteiger partial charge in [-0.05, 0) is 71.3 Å². The largest absolute Gasteiger partial charge is 0.490 e. The molecule has 4 nitrogen and oxygen atoms in total. The smallest absolute Gasteiger partial charge is 0.266 e. The van der Waals surface area contributed by atoms with E-state index in [9.17, 15) is 4.79 Å². The van der Waals surface area contributed by atoms with Gasteiger partial charge in [0.15, 0.2) is 11.5 Å². The van der Waals surface area contributed by atoms with E-state index < -0.39 is 0 Å². The third-order valence-corrected chi connectivity index (χ3v) is 7.20. The van der Waals surface area contributed by atoms with Crippen molar-refractivity contribution < 1.29 is 14.3 Å². The molecule has 1 saturated heterocycles. The number of ether oxygens (including phenoxy) is 2. The molecule has 2 aromatic rings. The monoisotopic (exact) mass is 621 g/mol.